The molecule has 1 fully saturated rings. The van der Waals surface area contributed by atoms with E-state index in [0.717, 1.165) is 35.3 Å². The van der Waals surface area contributed by atoms with Crippen molar-refractivity contribution in [2.45, 2.75) is 64.6 Å². The molecule has 3 atom stereocenters. The second-order valence-corrected chi connectivity index (χ2v) is 17.6. The van der Waals surface area contributed by atoms with E-state index in [4.69, 9.17) is 9.47 Å². The van der Waals surface area contributed by atoms with Gasteiger partial charge in [-0.25, -0.2) is 4.68 Å². The first-order chi connectivity index (χ1) is 19.8. The minimum absolute atomic E-state index is 0.0393. The van der Waals surface area contributed by atoms with Gasteiger partial charge < -0.3 is 9.47 Å². The molecule has 0 saturated heterocycles. The fourth-order valence-electron chi connectivity index (χ4n) is 5.23. The molecular formula is C30H36F3N3O5Si. The Balaban J connectivity index is 1.61. The summed E-state index contributed by atoms with van der Waals surface area (Å²) in [5.41, 5.74) is -1.23. The Labute approximate surface area is 243 Å². The topological polar surface area (TPSA) is 100 Å². The van der Waals surface area contributed by atoms with E-state index in [-0.39, 0.29) is 29.8 Å². The monoisotopic (exact) mass is 603 g/mol. The van der Waals surface area contributed by atoms with Gasteiger partial charge in [-0.05, 0) is 73.7 Å². The van der Waals surface area contributed by atoms with E-state index >= 15 is 0 Å². The number of carbonyl (C=O) groups excluding carboxylic acids is 2. The van der Waals surface area contributed by atoms with Gasteiger partial charge in [-0.1, -0.05) is 31.8 Å². The maximum Gasteiger partial charge on any atom is 0.416 e. The van der Waals surface area contributed by atoms with Crippen LogP contribution in [0, 0.1) is 17.8 Å². The summed E-state index contributed by atoms with van der Waals surface area (Å²) in [6, 6.07) is 10.3. The van der Waals surface area contributed by atoms with Crippen LogP contribution < -0.4 is 10.3 Å². The number of hydrogen-bond donors (Lipinski definition) is 0. The van der Waals surface area contributed by atoms with Crippen LogP contribution in [0.3, 0.4) is 0 Å². The first-order valence-electron chi connectivity index (χ1n) is 14.2. The third-order valence-electron chi connectivity index (χ3n) is 7.56. The minimum Gasteiger partial charge on any atom is -0.494 e. The number of aromatic nitrogens is 3. The summed E-state index contributed by atoms with van der Waals surface area (Å²) in [6.07, 6.45) is -2.96. The molecule has 0 unspecified atom stereocenters. The Morgan fingerprint density at radius 2 is 1.76 bits per heavy atom. The predicted molar refractivity (Wildman–Crippen MR) is 154 cm³/mol. The van der Waals surface area contributed by atoms with E-state index < -0.39 is 49.1 Å². The van der Waals surface area contributed by atoms with Crippen molar-refractivity contribution in [2.24, 2.45) is 17.8 Å². The zero-order valence-corrected chi connectivity index (χ0v) is 25.2. The molecular weight excluding hydrogens is 567 g/mol. The number of ketones is 1. The van der Waals surface area contributed by atoms with Gasteiger partial charge >= 0.3 is 12.1 Å². The van der Waals surface area contributed by atoms with Crippen LogP contribution in [0.2, 0.25) is 25.7 Å². The normalized spacial score (nSPS) is 19.2. The van der Waals surface area contributed by atoms with Gasteiger partial charge in [-0.3, -0.25) is 14.4 Å². The molecule has 0 spiro atoms. The molecule has 2 aromatic carbocycles. The standard InChI is InChI=1S/C30H36F3N3O5Si/c1-5-14-40-22-10-6-19(7-11-22)27(37)23-12-8-20(26(23)29(39)41-15-16-42(2,3)4)18-36-28(38)24-17-21(30(31,32)33)9-13-25(24)34-35-36/h6-7,9-11,13,17,20,23,26H,5,8,12,14-16,18H2,1-4H3/t20-,23-,26-/m0/s1. The average Bonchev–Trinajstić information content (AvgIpc) is 3.35. The van der Waals surface area contributed by atoms with Crippen molar-refractivity contribution in [3.8, 4) is 5.75 Å². The van der Waals surface area contributed by atoms with Crippen molar-refractivity contribution in [1.82, 2.24) is 15.0 Å². The number of esters is 1. The molecule has 8 nitrogen and oxygen atoms in total. The molecule has 1 heterocycles. The van der Waals surface area contributed by atoms with Gasteiger partial charge in [0.2, 0.25) is 0 Å². The van der Waals surface area contributed by atoms with Crippen LogP contribution in [0.25, 0.3) is 10.9 Å². The summed E-state index contributed by atoms with van der Waals surface area (Å²) in [5, 5.41) is 7.66. The SMILES string of the molecule is CCCOc1ccc(C(=O)[C@H]2CC[C@@H](Cn3nnc4ccc(C(F)(F)F)cc4c3=O)[C@@H]2C(=O)OCC[Si](C)(C)C)cc1. The molecule has 0 N–H and O–H groups in total. The van der Waals surface area contributed by atoms with E-state index in [0.29, 0.717) is 30.8 Å². The molecule has 0 radical (unpaired) electrons. The fraction of sp³-hybridized carbons (Fsp3) is 0.500. The molecule has 4 rings (SSSR count). The summed E-state index contributed by atoms with van der Waals surface area (Å²) in [4.78, 5) is 40.3. The maximum absolute atomic E-state index is 13.6. The molecule has 0 amide bonds. The van der Waals surface area contributed by atoms with Crippen molar-refractivity contribution in [2.75, 3.05) is 13.2 Å². The smallest absolute Gasteiger partial charge is 0.416 e. The van der Waals surface area contributed by atoms with Gasteiger partial charge in [0, 0.05) is 19.6 Å². The van der Waals surface area contributed by atoms with E-state index in [1.165, 1.54) is 0 Å². The Kier molecular flexibility index (Phi) is 9.54. The van der Waals surface area contributed by atoms with Crippen LogP contribution in [0.5, 0.6) is 5.75 Å². The van der Waals surface area contributed by atoms with Gasteiger partial charge in [-0.2, -0.15) is 13.2 Å². The molecule has 226 valence electrons. The lowest BCUT2D eigenvalue weighted by atomic mass is 9.84. The van der Waals surface area contributed by atoms with Crippen LogP contribution in [0.15, 0.2) is 47.3 Å². The third-order valence-corrected chi connectivity index (χ3v) is 9.27. The van der Waals surface area contributed by atoms with Gasteiger partial charge in [0.05, 0.1) is 36.6 Å². The summed E-state index contributed by atoms with van der Waals surface area (Å²) in [6.45, 7) is 9.18. The Morgan fingerprint density at radius 3 is 2.40 bits per heavy atom. The molecule has 0 aliphatic heterocycles. The van der Waals surface area contributed by atoms with Crippen LogP contribution in [-0.2, 0) is 22.3 Å². The number of ether oxygens (including phenoxy) is 2. The maximum atomic E-state index is 13.6. The first kappa shape index (κ1) is 31.4. The van der Waals surface area contributed by atoms with Crippen LogP contribution in [0.4, 0.5) is 13.2 Å². The molecule has 3 aromatic rings. The van der Waals surface area contributed by atoms with Crippen LogP contribution in [-0.4, -0.2) is 48.0 Å². The zero-order valence-electron chi connectivity index (χ0n) is 24.2. The fourth-order valence-corrected chi connectivity index (χ4v) is 5.95. The Morgan fingerprint density at radius 1 is 1.05 bits per heavy atom. The number of rotatable bonds is 11. The van der Waals surface area contributed by atoms with E-state index in [9.17, 15) is 27.6 Å². The lowest BCUT2D eigenvalue weighted by Gasteiger charge is -2.24. The molecule has 1 aromatic heterocycles. The second kappa shape index (κ2) is 12.8. The highest BCUT2D eigenvalue weighted by atomic mass is 28.3. The number of halogens is 3. The summed E-state index contributed by atoms with van der Waals surface area (Å²) in [5.74, 6) is -2.11. The van der Waals surface area contributed by atoms with Gasteiger partial charge in [0.1, 0.15) is 11.3 Å². The van der Waals surface area contributed by atoms with Gasteiger partial charge in [-0.15, -0.1) is 5.10 Å². The summed E-state index contributed by atoms with van der Waals surface area (Å²) >= 11 is 0. The lowest BCUT2D eigenvalue weighted by Crippen LogP contribution is -2.36. The quantitative estimate of drug-likeness (QED) is 0.150. The predicted octanol–water partition coefficient (Wildman–Crippen LogP) is 6.01. The van der Waals surface area contributed by atoms with Crippen molar-refractivity contribution < 1.29 is 32.2 Å². The Hall–Kier alpha value is -3.54. The lowest BCUT2D eigenvalue weighted by molar-refractivity contribution is -0.150. The number of nitrogens with zero attached hydrogens (tertiary/aromatic N) is 3. The van der Waals surface area contributed by atoms with E-state index in [1.807, 2.05) is 6.92 Å². The number of Topliss-reactive ketones (excluding diaryl/α,β-unsaturated/α-hetero) is 1. The largest absolute Gasteiger partial charge is 0.494 e. The Bertz CT molecular complexity index is 1480. The van der Waals surface area contributed by atoms with Crippen LogP contribution >= 0.6 is 0 Å². The van der Waals surface area contributed by atoms with E-state index in [1.54, 1.807) is 24.3 Å². The van der Waals surface area contributed by atoms with Crippen molar-refractivity contribution in [1.29, 1.82) is 0 Å². The van der Waals surface area contributed by atoms with Gasteiger partial charge in [0.25, 0.3) is 5.56 Å². The average molecular weight is 604 g/mol. The first-order valence-corrected chi connectivity index (χ1v) is 17.9. The highest BCUT2D eigenvalue weighted by Gasteiger charge is 2.46. The molecule has 1 aliphatic carbocycles. The molecule has 1 saturated carbocycles. The number of hydrogen-bond acceptors (Lipinski definition) is 7. The molecule has 42 heavy (non-hydrogen) atoms. The minimum atomic E-state index is -4.63. The molecule has 12 heteroatoms. The third kappa shape index (κ3) is 7.45. The number of alkyl halides is 3. The molecule has 1 aliphatic rings. The van der Waals surface area contributed by atoms with Crippen molar-refractivity contribution >= 4 is 30.7 Å². The van der Waals surface area contributed by atoms with Crippen molar-refractivity contribution in [3.05, 3.63) is 63.9 Å². The molecule has 0 bridgehead atoms. The summed E-state index contributed by atoms with van der Waals surface area (Å²) in [7, 11) is -1.50. The van der Waals surface area contributed by atoms with Crippen LogP contribution in [0.1, 0.15) is 42.1 Å². The second-order valence-electron chi connectivity index (χ2n) is 12.0. The summed E-state index contributed by atoms with van der Waals surface area (Å²) < 4.78 is 52.2. The number of carbonyl (C=O) groups is 2. The van der Waals surface area contributed by atoms with Crippen molar-refractivity contribution in [3.63, 3.8) is 0 Å². The highest BCUT2D eigenvalue weighted by molar-refractivity contribution is 6.76. The van der Waals surface area contributed by atoms with Gasteiger partial charge in [0.15, 0.2) is 5.78 Å². The van der Waals surface area contributed by atoms with E-state index in [2.05, 4.69) is 30.0 Å². The zero-order chi connectivity index (χ0) is 30.7. The highest BCUT2D eigenvalue weighted by Crippen LogP contribution is 2.41. The number of fused-ring (bicyclic) bond motifs is 1. The number of benzene rings is 2.